The molecule has 0 atom stereocenters. The van der Waals surface area contributed by atoms with Crippen molar-refractivity contribution in [1.29, 1.82) is 0 Å². The smallest absolute Gasteiger partial charge is 0.141 e. The van der Waals surface area contributed by atoms with Crippen molar-refractivity contribution in [3.8, 4) is 5.75 Å². The summed E-state index contributed by atoms with van der Waals surface area (Å²) in [6.07, 6.45) is 0.757. The van der Waals surface area contributed by atoms with Gasteiger partial charge in [0, 0.05) is 7.11 Å². The molecule has 0 aliphatic rings. The molecule has 0 aliphatic carbocycles. The van der Waals surface area contributed by atoms with Gasteiger partial charge in [-0.1, -0.05) is 11.6 Å². The van der Waals surface area contributed by atoms with Crippen LogP contribution in [0, 0.1) is 0 Å². The molecule has 16 heavy (non-hydrogen) atoms. The highest BCUT2D eigenvalue weighted by Crippen LogP contribution is 2.31. The van der Waals surface area contributed by atoms with Crippen molar-refractivity contribution < 1.29 is 9.47 Å². The molecule has 0 fully saturated rings. The van der Waals surface area contributed by atoms with E-state index in [0.29, 0.717) is 24.8 Å². The first-order chi connectivity index (χ1) is 7.72. The molecule has 0 saturated carbocycles. The Balaban J connectivity index is 3.05. The van der Waals surface area contributed by atoms with Crippen LogP contribution in [-0.2, 0) is 17.8 Å². The Morgan fingerprint density at radius 3 is 2.69 bits per heavy atom. The number of rotatable bonds is 6. The van der Waals surface area contributed by atoms with Crippen molar-refractivity contribution in [2.24, 2.45) is 5.73 Å². The lowest BCUT2D eigenvalue weighted by Crippen LogP contribution is -2.06. The van der Waals surface area contributed by atoms with Crippen LogP contribution < -0.4 is 10.5 Å². The Bertz CT molecular complexity index is 342. The second kappa shape index (κ2) is 6.74. The van der Waals surface area contributed by atoms with Gasteiger partial charge in [-0.05, 0) is 43.1 Å². The number of hydrogen-bond donors (Lipinski definition) is 1. The SMILES string of the molecule is CCOc1c(Cl)cc(COC)cc1CCN. The third-order valence-electron chi connectivity index (χ3n) is 2.19. The first-order valence-electron chi connectivity index (χ1n) is 5.36. The Morgan fingerprint density at radius 2 is 2.12 bits per heavy atom. The number of methoxy groups -OCH3 is 1. The molecule has 3 nitrogen and oxygen atoms in total. The van der Waals surface area contributed by atoms with Gasteiger partial charge in [-0.2, -0.15) is 0 Å². The molecule has 2 N–H and O–H groups in total. The first-order valence-corrected chi connectivity index (χ1v) is 5.73. The standard InChI is InChI=1S/C12H18ClNO2/c1-3-16-12-10(4-5-14)6-9(8-15-2)7-11(12)13/h6-7H,3-5,8,14H2,1-2H3. The lowest BCUT2D eigenvalue weighted by atomic mass is 10.1. The van der Waals surface area contributed by atoms with E-state index in [9.17, 15) is 0 Å². The monoisotopic (exact) mass is 243 g/mol. The number of ether oxygens (including phenoxy) is 2. The molecule has 0 radical (unpaired) electrons. The Hall–Kier alpha value is -0.770. The third-order valence-corrected chi connectivity index (χ3v) is 2.47. The molecule has 0 heterocycles. The fraction of sp³-hybridized carbons (Fsp3) is 0.500. The third kappa shape index (κ3) is 3.37. The van der Waals surface area contributed by atoms with E-state index in [4.69, 9.17) is 26.8 Å². The summed E-state index contributed by atoms with van der Waals surface area (Å²) in [5.41, 5.74) is 7.66. The molecular weight excluding hydrogens is 226 g/mol. The molecular formula is C12H18ClNO2. The van der Waals surface area contributed by atoms with Gasteiger partial charge < -0.3 is 15.2 Å². The molecule has 0 bridgehead atoms. The second-order valence-corrected chi connectivity index (χ2v) is 3.88. The number of nitrogens with two attached hydrogens (primary N) is 1. The maximum Gasteiger partial charge on any atom is 0.141 e. The van der Waals surface area contributed by atoms with Crippen LogP contribution in [-0.4, -0.2) is 20.3 Å². The predicted molar refractivity (Wildman–Crippen MR) is 66.1 cm³/mol. The van der Waals surface area contributed by atoms with Crippen molar-refractivity contribution in [1.82, 2.24) is 0 Å². The summed E-state index contributed by atoms with van der Waals surface area (Å²) in [5.74, 6) is 0.745. The minimum absolute atomic E-state index is 0.545. The molecule has 1 aromatic rings. The number of hydrogen-bond acceptors (Lipinski definition) is 3. The van der Waals surface area contributed by atoms with Crippen LogP contribution in [0.3, 0.4) is 0 Å². The van der Waals surface area contributed by atoms with Crippen molar-refractivity contribution in [3.05, 3.63) is 28.3 Å². The van der Waals surface area contributed by atoms with Crippen molar-refractivity contribution >= 4 is 11.6 Å². The summed E-state index contributed by atoms with van der Waals surface area (Å²) in [6.45, 7) is 3.66. The van der Waals surface area contributed by atoms with Crippen molar-refractivity contribution in [2.45, 2.75) is 20.0 Å². The minimum Gasteiger partial charge on any atom is -0.492 e. The molecule has 0 aromatic heterocycles. The van der Waals surface area contributed by atoms with Crippen LogP contribution >= 0.6 is 11.6 Å². The van der Waals surface area contributed by atoms with Crippen LogP contribution in [0.2, 0.25) is 5.02 Å². The summed E-state index contributed by atoms with van der Waals surface area (Å²) < 4.78 is 10.6. The van der Waals surface area contributed by atoms with E-state index in [1.54, 1.807) is 7.11 Å². The summed E-state index contributed by atoms with van der Waals surface area (Å²) in [5, 5.41) is 0.625. The number of benzene rings is 1. The maximum atomic E-state index is 6.16. The maximum absolute atomic E-state index is 6.16. The summed E-state index contributed by atoms with van der Waals surface area (Å²) in [7, 11) is 1.66. The van der Waals surface area contributed by atoms with Gasteiger partial charge >= 0.3 is 0 Å². The fourth-order valence-corrected chi connectivity index (χ4v) is 1.93. The zero-order valence-electron chi connectivity index (χ0n) is 9.75. The lowest BCUT2D eigenvalue weighted by Gasteiger charge is -2.13. The Kier molecular flexibility index (Phi) is 5.60. The zero-order chi connectivity index (χ0) is 12.0. The van der Waals surface area contributed by atoms with Crippen LogP contribution in [0.1, 0.15) is 18.1 Å². The molecule has 0 spiro atoms. The van der Waals surface area contributed by atoms with Gasteiger partial charge in [0.15, 0.2) is 0 Å². The van der Waals surface area contributed by atoms with Gasteiger partial charge in [-0.25, -0.2) is 0 Å². The summed E-state index contributed by atoms with van der Waals surface area (Å²) in [6, 6.07) is 3.91. The molecule has 0 amide bonds. The highest BCUT2D eigenvalue weighted by Gasteiger charge is 2.10. The highest BCUT2D eigenvalue weighted by molar-refractivity contribution is 6.32. The highest BCUT2D eigenvalue weighted by atomic mass is 35.5. The van der Waals surface area contributed by atoms with Crippen LogP contribution in [0.15, 0.2) is 12.1 Å². The molecule has 1 rings (SSSR count). The molecule has 0 unspecified atom stereocenters. The van der Waals surface area contributed by atoms with Gasteiger partial charge in [-0.15, -0.1) is 0 Å². The molecule has 0 saturated heterocycles. The van der Waals surface area contributed by atoms with E-state index in [2.05, 4.69) is 0 Å². The minimum atomic E-state index is 0.545. The lowest BCUT2D eigenvalue weighted by molar-refractivity contribution is 0.184. The Morgan fingerprint density at radius 1 is 1.38 bits per heavy atom. The van der Waals surface area contributed by atoms with Crippen molar-refractivity contribution in [2.75, 3.05) is 20.3 Å². The van der Waals surface area contributed by atoms with E-state index in [1.807, 2.05) is 19.1 Å². The topological polar surface area (TPSA) is 44.5 Å². The number of halogens is 1. The van der Waals surface area contributed by atoms with Crippen LogP contribution in [0.25, 0.3) is 0 Å². The van der Waals surface area contributed by atoms with E-state index in [1.165, 1.54) is 0 Å². The first kappa shape index (κ1) is 13.3. The van der Waals surface area contributed by atoms with E-state index >= 15 is 0 Å². The Labute approximate surface area is 101 Å². The van der Waals surface area contributed by atoms with Crippen molar-refractivity contribution in [3.63, 3.8) is 0 Å². The average Bonchev–Trinajstić information content (AvgIpc) is 2.24. The molecule has 0 aliphatic heterocycles. The van der Waals surface area contributed by atoms with E-state index in [0.717, 1.165) is 23.3 Å². The van der Waals surface area contributed by atoms with Crippen LogP contribution in [0.4, 0.5) is 0 Å². The molecule has 1 aromatic carbocycles. The second-order valence-electron chi connectivity index (χ2n) is 3.47. The quantitative estimate of drug-likeness (QED) is 0.835. The molecule has 90 valence electrons. The van der Waals surface area contributed by atoms with Gasteiger partial charge in [0.25, 0.3) is 0 Å². The normalized spacial score (nSPS) is 10.5. The summed E-state index contributed by atoms with van der Waals surface area (Å²) >= 11 is 6.16. The van der Waals surface area contributed by atoms with Gasteiger partial charge in [0.05, 0.1) is 18.2 Å². The molecule has 4 heteroatoms. The van der Waals surface area contributed by atoms with E-state index in [-0.39, 0.29) is 0 Å². The summed E-state index contributed by atoms with van der Waals surface area (Å²) in [4.78, 5) is 0. The zero-order valence-corrected chi connectivity index (χ0v) is 10.5. The fourth-order valence-electron chi connectivity index (χ4n) is 1.61. The largest absolute Gasteiger partial charge is 0.492 e. The van der Waals surface area contributed by atoms with Crippen LogP contribution in [0.5, 0.6) is 5.75 Å². The average molecular weight is 244 g/mol. The van der Waals surface area contributed by atoms with E-state index < -0.39 is 0 Å². The van der Waals surface area contributed by atoms with Gasteiger partial charge in [0.1, 0.15) is 5.75 Å². The van der Waals surface area contributed by atoms with Gasteiger partial charge in [0.2, 0.25) is 0 Å². The van der Waals surface area contributed by atoms with Gasteiger partial charge in [-0.3, -0.25) is 0 Å². The predicted octanol–water partition coefficient (Wildman–Crippen LogP) is 2.39.